The smallest absolute Gasteiger partial charge is 0.341 e. The topological polar surface area (TPSA) is 51.5 Å². The van der Waals surface area contributed by atoms with Crippen LogP contribution in [0.3, 0.4) is 0 Å². The zero-order valence-electron chi connectivity index (χ0n) is 11.9. The first-order chi connectivity index (χ1) is 9.58. The quantitative estimate of drug-likeness (QED) is 0.831. The number of hydrogen-bond acceptors (Lipinski definition) is 5. The van der Waals surface area contributed by atoms with Gasteiger partial charge in [-0.2, -0.15) is 0 Å². The summed E-state index contributed by atoms with van der Waals surface area (Å²) in [4.78, 5) is 14.0. The van der Waals surface area contributed by atoms with Crippen molar-refractivity contribution in [1.82, 2.24) is 5.32 Å². The van der Waals surface area contributed by atoms with Gasteiger partial charge < -0.3 is 14.5 Å². The molecule has 0 aliphatic rings. The summed E-state index contributed by atoms with van der Waals surface area (Å²) in [5.74, 6) is 0.363. The number of hydrogen-bond donors (Lipinski definition) is 1. The van der Waals surface area contributed by atoms with Gasteiger partial charge in [-0.3, -0.25) is 0 Å². The molecule has 0 spiro atoms. The Labute approximate surface area is 122 Å². The largest absolute Gasteiger partial charge is 0.467 e. The Kier molecular flexibility index (Phi) is 4.98. The van der Waals surface area contributed by atoms with Crippen molar-refractivity contribution in [2.24, 2.45) is 0 Å². The molecule has 0 saturated heterocycles. The molecule has 2 aromatic rings. The first-order valence-corrected chi connectivity index (χ1v) is 7.34. The molecule has 0 radical (unpaired) electrons. The zero-order valence-corrected chi connectivity index (χ0v) is 12.8. The highest BCUT2D eigenvalue weighted by Gasteiger charge is 2.11. The van der Waals surface area contributed by atoms with Gasteiger partial charge in [-0.1, -0.05) is 0 Å². The second kappa shape index (κ2) is 6.72. The highest BCUT2D eigenvalue weighted by Crippen LogP contribution is 2.17. The molecular weight excluding hydrogens is 274 g/mol. The minimum atomic E-state index is -0.373. The van der Waals surface area contributed by atoms with Crippen LogP contribution in [0.25, 0.3) is 0 Å². The van der Waals surface area contributed by atoms with E-state index in [0.29, 0.717) is 18.2 Å². The Morgan fingerprint density at radius 1 is 1.50 bits per heavy atom. The molecule has 5 heteroatoms. The number of thiophene rings is 1. The van der Waals surface area contributed by atoms with Gasteiger partial charge >= 0.3 is 5.97 Å². The Bertz CT molecular complexity index is 573. The number of nitrogens with one attached hydrogen (secondary N) is 1. The van der Waals surface area contributed by atoms with E-state index in [4.69, 9.17) is 4.42 Å². The van der Waals surface area contributed by atoms with E-state index >= 15 is 0 Å². The van der Waals surface area contributed by atoms with Crippen molar-refractivity contribution in [2.45, 2.75) is 32.9 Å². The summed E-state index contributed by atoms with van der Waals surface area (Å²) in [7, 11) is 1.36. The van der Waals surface area contributed by atoms with Crippen molar-refractivity contribution in [3.05, 3.63) is 45.5 Å². The predicted molar refractivity (Wildman–Crippen MR) is 79.1 cm³/mol. The van der Waals surface area contributed by atoms with Gasteiger partial charge in [0.05, 0.1) is 19.2 Å². The molecule has 108 valence electrons. The highest BCUT2D eigenvalue weighted by molar-refractivity contribution is 7.11. The maximum atomic E-state index is 11.3. The maximum absolute atomic E-state index is 11.3. The van der Waals surface area contributed by atoms with Gasteiger partial charge in [-0.15, -0.1) is 11.3 Å². The number of carbonyl (C=O) groups is 1. The maximum Gasteiger partial charge on any atom is 0.341 e. The average molecular weight is 293 g/mol. The molecule has 20 heavy (non-hydrogen) atoms. The third kappa shape index (κ3) is 3.95. The van der Waals surface area contributed by atoms with Crippen LogP contribution in [0.2, 0.25) is 0 Å². The normalized spacial score (nSPS) is 12.3. The third-order valence-electron chi connectivity index (χ3n) is 3.00. The molecule has 0 fully saturated rings. The molecule has 2 aromatic heterocycles. The molecule has 2 rings (SSSR count). The van der Waals surface area contributed by atoms with E-state index in [1.807, 2.05) is 11.3 Å². The Morgan fingerprint density at radius 2 is 2.30 bits per heavy atom. The molecule has 0 saturated carbocycles. The molecule has 0 aliphatic carbocycles. The van der Waals surface area contributed by atoms with Crippen molar-refractivity contribution in [3.8, 4) is 0 Å². The number of esters is 1. The van der Waals surface area contributed by atoms with E-state index in [9.17, 15) is 4.79 Å². The highest BCUT2D eigenvalue weighted by atomic mass is 32.1. The van der Waals surface area contributed by atoms with Crippen LogP contribution in [-0.4, -0.2) is 19.1 Å². The fourth-order valence-corrected chi connectivity index (χ4v) is 2.96. The molecule has 1 atom stereocenters. The monoisotopic (exact) mass is 293 g/mol. The lowest BCUT2D eigenvalue weighted by Crippen LogP contribution is -2.27. The van der Waals surface area contributed by atoms with Crippen molar-refractivity contribution >= 4 is 17.3 Å². The lowest BCUT2D eigenvalue weighted by atomic mass is 10.2. The van der Waals surface area contributed by atoms with E-state index in [-0.39, 0.29) is 5.97 Å². The number of aryl methyl sites for hydroxylation is 1. The molecule has 2 heterocycles. The average Bonchev–Trinajstić information content (AvgIpc) is 3.05. The van der Waals surface area contributed by atoms with E-state index in [2.05, 4.69) is 36.0 Å². The summed E-state index contributed by atoms with van der Waals surface area (Å²) in [6.07, 6.45) is 2.42. The lowest BCUT2D eigenvalue weighted by molar-refractivity contribution is 0.0600. The van der Waals surface area contributed by atoms with Crippen molar-refractivity contribution in [1.29, 1.82) is 0 Å². The summed E-state index contributed by atoms with van der Waals surface area (Å²) < 4.78 is 9.97. The second-order valence-electron chi connectivity index (χ2n) is 4.79. The molecular formula is C15H19NO3S. The molecule has 0 amide bonds. The van der Waals surface area contributed by atoms with Crippen LogP contribution in [0.5, 0.6) is 0 Å². The first-order valence-electron chi connectivity index (χ1n) is 6.53. The predicted octanol–water partition coefficient (Wildman–Crippen LogP) is 3.16. The van der Waals surface area contributed by atoms with Crippen molar-refractivity contribution in [3.63, 3.8) is 0 Å². The van der Waals surface area contributed by atoms with Crippen LogP contribution < -0.4 is 5.32 Å². The Hall–Kier alpha value is -1.59. The van der Waals surface area contributed by atoms with Gasteiger partial charge in [0.2, 0.25) is 0 Å². The fourth-order valence-electron chi connectivity index (χ4n) is 1.94. The molecule has 0 bridgehead atoms. The summed E-state index contributed by atoms with van der Waals surface area (Å²) in [5, 5.41) is 3.39. The number of methoxy groups -OCH3 is 1. The van der Waals surface area contributed by atoms with E-state index in [1.165, 1.54) is 23.1 Å². The van der Waals surface area contributed by atoms with Crippen molar-refractivity contribution in [2.75, 3.05) is 7.11 Å². The van der Waals surface area contributed by atoms with E-state index in [0.717, 1.165) is 12.2 Å². The number of rotatable bonds is 6. The minimum Gasteiger partial charge on any atom is -0.467 e. The first kappa shape index (κ1) is 14.8. The summed E-state index contributed by atoms with van der Waals surface area (Å²) in [5.41, 5.74) is 0.450. The van der Waals surface area contributed by atoms with Crippen LogP contribution in [-0.2, 0) is 17.7 Å². The molecule has 1 unspecified atom stereocenters. The number of furan rings is 1. The number of ether oxygens (including phenoxy) is 1. The molecule has 0 aromatic carbocycles. The SMILES string of the molecule is COC(=O)c1coc(CNC(C)Cc2ccc(C)s2)c1. The lowest BCUT2D eigenvalue weighted by Gasteiger charge is -2.11. The van der Waals surface area contributed by atoms with Crippen LogP contribution >= 0.6 is 11.3 Å². The van der Waals surface area contributed by atoms with Gasteiger partial charge in [0.15, 0.2) is 0 Å². The van der Waals surface area contributed by atoms with Gasteiger partial charge in [-0.05, 0) is 38.5 Å². The summed E-state index contributed by atoms with van der Waals surface area (Å²) in [6.45, 7) is 4.85. The molecule has 0 aliphatic heterocycles. The Balaban J connectivity index is 1.82. The Morgan fingerprint density at radius 3 is 2.95 bits per heavy atom. The van der Waals surface area contributed by atoms with Crippen LogP contribution in [0.15, 0.2) is 28.9 Å². The van der Waals surface area contributed by atoms with Crippen LogP contribution in [0.4, 0.5) is 0 Å². The summed E-state index contributed by atoms with van der Waals surface area (Å²) in [6, 6.07) is 6.36. The molecule has 1 N–H and O–H groups in total. The van der Waals surface area contributed by atoms with Gasteiger partial charge in [0, 0.05) is 15.8 Å². The standard InChI is InChI=1S/C15H19NO3S/c1-10(6-14-5-4-11(2)20-14)16-8-13-7-12(9-19-13)15(17)18-3/h4-5,7,9-10,16H,6,8H2,1-3H3. The van der Waals surface area contributed by atoms with Gasteiger partial charge in [0.25, 0.3) is 0 Å². The third-order valence-corrected chi connectivity index (χ3v) is 4.03. The molecule has 4 nitrogen and oxygen atoms in total. The van der Waals surface area contributed by atoms with Crippen LogP contribution in [0.1, 0.15) is 32.8 Å². The van der Waals surface area contributed by atoms with E-state index < -0.39 is 0 Å². The van der Waals surface area contributed by atoms with Gasteiger partial charge in [0.1, 0.15) is 12.0 Å². The number of carbonyl (C=O) groups excluding carboxylic acids is 1. The fraction of sp³-hybridized carbons (Fsp3) is 0.400. The minimum absolute atomic E-state index is 0.347. The zero-order chi connectivity index (χ0) is 14.5. The van der Waals surface area contributed by atoms with E-state index in [1.54, 1.807) is 6.07 Å². The summed E-state index contributed by atoms with van der Waals surface area (Å²) >= 11 is 1.82. The van der Waals surface area contributed by atoms with Gasteiger partial charge in [-0.25, -0.2) is 4.79 Å². The van der Waals surface area contributed by atoms with Crippen molar-refractivity contribution < 1.29 is 13.9 Å². The van der Waals surface area contributed by atoms with Crippen LogP contribution in [0, 0.1) is 6.92 Å². The second-order valence-corrected chi connectivity index (χ2v) is 6.16.